The minimum Gasteiger partial charge on any atom is -0.465 e. The molecular formula is C28H37NO4. The van der Waals surface area contributed by atoms with E-state index in [1.54, 1.807) is 0 Å². The summed E-state index contributed by atoms with van der Waals surface area (Å²) in [6.07, 6.45) is 4.56. The van der Waals surface area contributed by atoms with Crippen LogP contribution < -0.4 is 5.32 Å². The Hall–Kier alpha value is -2.82. The summed E-state index contributed by atoms with van der Waals surface area (Å²) >= 11 is 0. The molecule has 0 spiro atoms. The summed E-state index contributed by atoms with van der Waals surface area (Å²) in [5.41, 5.74) is 3.79. The zero-order chi connectivity index (χ0) is 24.0. The quantitative estimate of drug-likeness (QED) is 0.539. The highest BCUT2D eigenvalue weighted by Gasteiger charge is 2.28. The van der Waals surface area contributed by atoms with Gasteiger partial charge in [0.2, 0.25) is 0 Å². The van der Waals surface area contributed by atoms with Crippen molar-refractivity contribution >= 4 is 12.1 Å². The van der Waals surface area contributed by atoms with Gasteiger partial charge in [0.1, 0.15) is 5.60 Å². The topological polar surface area (TPSA) is 64.6 Å². The van der Waals surface area contributed by atoms with E-state index in [1.807, 2.05) is 45.0 Å². The molecule has 0 aliphatic heterocycles. The van der Waals surface area contributed by atoms with Crippen LogP contribution >= 0.6 is 0 Å². The molecule has 178 valence electrons. The first-order chi connectivity index (χ1) is 15.6. The number of hydrogen-bond donors (Lipinski definition) is 1. The third kappa shape index (κ3) is 7.34. The fourth-order valence-electron chi connectivity index (χ4n) is 4.67. The predicted molar refractivity (Wildman–Crippen MR) is 131 cm³/mol. The maximum absolute atomic E-state index is 12.6. The monoisotopic (exact) mass is 451 g/mol. The molecule has 3 unspecified atom stereocenters. The van der Waals surface area contributed by atoms with Crippen molar-refractivity contribution in [1.82, 2.24) is 5.32 Å². The average Bonchev–Trinajstić information content (AvgIpc) is 2.74. The van der Waals surface area contributed by atoms with Gasteiger partial charge in [0.05, 0.1) is 12.7 Å². The van der Waals surface area contributed by atoms with E-state index in [1.165, 1.54) is 23.8 Å². The van der Waals surface area contributed by atoms with E-state index in [0.29, 0.717) is 17.4 Å². The number of rotatable bonds is 4. The normalized spacial score (nSPS) is 21.4. The lowest BCUT2D eigenvalue weighted by molar-refractivity contribution is 0.0491. The second kappa shape index (κ2) is 10.9. The average molecular weight is 452 g/mol. The molecule has 0 saturated heterocycles. The summed E-state index contributed by atoms with van der Waals surface area (Å²) in [6, 6.07) is 16.4. The van der Waals surface area contributed by atoms with E-state index in [2.05, 4.69) is 36.5 Å². The van der Waals surface area contributed by atoms with Gasteiger partial charge in [-0.15, -0.1) is 0 Å². The van der Waals surface area contributed by atoms with Gasteiger partial charge in [0.15, 0.2) is 0 Å². The van der Waals surface area contributed by atoms with Crippen LogP contribution in [0.1, 0.15) is 91.8 Å². The number of ether oxygens (including phenoxy) is 2. The smallest absolute Gasteiger partial charge is 0.407 e. The third-order valence-corrected chi connectivity index (χ3v) is 6.32. The molecule has 5 nitrogen and oxygen atoms in total. The van der Waals surface area contributed by atoms with Crippen LogP contribution in [0.25, 0.3) is 0 Å². The van der Waals surface area contributed by atoms with Gasteiger partial charge >= 0.3 is 12.1 Å². The van der Waals surface area contributed by atoms with E-state index < -0.39 is 5.60 Å². The molecule has 3 atom stereocenters. The van der Waals surface area contributed by atoms with Crippen molar-refractivity contribution in [2.45, 2.75) is 83.3 Å². The molecule has 1 saturated carbocycles. The molecule has 0 bridgehead atoms. The fourth-order valence-corrected chi connectivity index (χ4v) is 4.67. The zero-order valence-electron chi connectivity index (χ0n) is 20.5. The fraction of sp³-hybridized carbons (Fsp3) is 0.500. The molecule has 1 aliphatic rings. The van der Waals surface area contributed by atoms with Gasteiger partial charge in [-0.2, -0.15) is 0 Å². The van der Waals surface area contributed by atoms with Gasteiger partial charge in [-0.05, 0) is 88.5 Å². The second-order valence-corrected chi connectivity index (χ2v) is 10.2. The Balaban J connectivity index is 1.79. The predicted octanol–water partition coefficient (Wildman–Crippen LogP) is 6.51. The summed E-state index contributed by atoms with van der Waals surface area (Å²) in [5.74, 6) is 0.369. The number of esters is 1. The molecule has 0 radical (unpaired) electrons. The summed E-state index contributed by atoms with van der Waals surface area (Å²) in [7, 11) is 1.39. The summed E-state index contributed by atoms with van der Waals surface area (Å²) in [6.45, 7) is 7.74. The van der Waals surface area contributed by atoms with Crippen molar-refractivity contribution in [2.24, 2.45) is 0 Å². The molecule has 1 N–H and O–H groups in total. The van der Waals surface area contributed by atoms with E-state index >= 15 is 0 Å². The molecule has 2 aromatic carbocycles. The van der Waals surface area contributed by atoms with Gasteiger partial charge in [0.25, 0.3) is 0 Å². The first kappa shape index (κ1) is 24.8. The lowest BCUT2D eigenvalue weighted by Gasteiger charge is -2.32. The number of carbonyl (C=O) groups is 2. The first-order valence-corrected chi connectivity index (χ1v) is 11.9. The number of hydrogen-bond acceptors (Lipinski definition) is 4. The molecule has 2 aromatic rings. The van der Waals surface area contributed by atoms with Crippen LogP contribution in [0.5, 0.6) is 0 Å². The van der Waals surface area contributed by atoms with Crippen LogP contribution in [0, 0.1) is 6.92 Å². The van der Waals surface area contributed by atoms with Crippen molar-refractivity contribution < 1.29 is 19.1 Å². The number of nitrogens with one attached hydrogen (secondary N) is 1. The van der Waals surface area contributed by atoms with Crippen LogP contribution in [-0.4, -0.2) is 30.8 Å². The summed E-state index contributed by atoms with van der Waals surface area (Å²) in [5, 5.41) is 3.16. The zero-order valence-corrected chi connectivity index (χ0v) is 20.5. The Morgan fingerprint density at radius 1 is 0.879 bits per heavy atom. The molecule has 5 heteroatoms. The maximum atomic E-state index is 12.6. The SMILES string of the molecule is COC(=O)c1ccc(C2CCCC(c3ccc(C)cc3)CC(NC(=O)OC(C)(C)C)C2)cc1. The molecule has 3 rings (SSSR count). The lowest BCUT2D eigenvalue weighted by Crippen LogP contribution is -2.41. The maximum Gasteiger partial charge on any atom is 0.407 e. The van der Waals surface area contributed by atoms with Crippen molar-refractivity contribution in [2.75, 3.05) is 7.11 Å². The van der Waals surface area contributed by atoms with Crippen LogP contribution in [0.4, 0.5) is 4.79 Å². The van der Waals surface area contributed by atoms with Crippen LogP contribution in [0.3, 0.4) is 0 Å². The van der Waals surface area contributed by atoms with Gasteiger partial charge in [0, 0.05) is 6.04 Å². The molecule has 0 aromatic heterocycles. The number of benzene rings is 2. The van der Waals surface area contributed by atoms with E-state index in [4.69, 9.17) is 9.47 Å². The van der Waals surface area contributed by atoms with Crippen LogP contribution in [-0.2, 0) is 9.47 Å². The number of amides is 1. The number of alkyl carbamates (subject to hydrolysis) is 1. The van der Waals surface area contributed by atoms with Crippen LogP contribution in [0.15, 0.2) is 48.5 Å². The van der Waals surface area contributed by atoms with Gasteiger partial charge in [-0.3, -0.25) is 0 Å². The highest BCUT2D eigenvalue weighted by Crippen LogP contribution is 2.37. The highest BCUT2D eigenvalue weighted by molar-refractivity contribution is 5.89. The van der Waals surface area contributed by atoms with Crippen LogP contribution in [0.2, 0.25) is 0 Å². The second-order valence-electron chi connectivity index (χ2n) is 10.2. The molecular weight excluding hydrogens is 414 g/mol. The Kier molecular flexibility index (Phi) is 8.17. The number of methoxy groups -OCH3 is 1. The minimum atomic E-state index is -0.537. The summed E-state index contributed by atoms with van der Waals surface area (Å²) in [4.78, 5) is 24.4. The first-order valence-electron chi connectivity index (χ1n) is 11.9. The molecule has 1 amide bonds. The lowest BCUT2D eigenvalue weighted by atomic mass is 9.78. The minimum absolute atomic E-state index is 0.00302. The number of carbonyl (C=O) groups excluding carboxylic acids is 2. The Morgan fingerprint density at radius 3 is 1.88 bits per heavy atom. The Morgan fingerprint density at radius 2 is 1.39 bits per heavy atom. The molecule has 33 heavy (non-hydrogen) atoms. The van der Waals surface area contributed by atoms with E-state index in [9.17, 15) is 9.59 Å². The molecule has 1 aliphatic carbocycles. The standard InChI is InChI=1S/C28H37NO4/c1-19-9-11-20(12-10-19)23-7-6-8-24(21-13-15-22(16-14-21)26(30)32-5)18-25(17-23)29-27(31)33-28(2,3)4/h9-16,23-25H,6-8,17-18H2,1-5H3,(H,29,31). The van der Waals surface area contributed by atoms with Gasteiger partial charge in [-0.25, -0.2) is 9.59 Å². The van der Waals surface area contributed by atoms with Crippen molar-refractivity contribution in [3.05, 3.63) is 70.8 Å². The Bertz CT molecular complexity index is 928. The van der Waals surface area contributed by atoms with Crippen molar-refractivity contribution in [3.63, 3.8) is 0 Å². The largest absolute Gasteiger partial charge is 0.465 e. The number of aryl methyl sites for hydroxylation is 1. The van der Waals surface area contributed by atoms with Gasteiger partial charge < -0.3 is 14.8 Å². The molecule has 0 heterocycles. The highest BCUT2D eigenvalue weighted by atomic mass is 16.6. The van der Waals surface area contributed by atoms with Gasteiger partial charge in [-0.1, -0.05) is 48.4 Å². The summed E-state index contributed by atoms with van der Waals surface area (Å²) < 4.78 is 10.4. The Labute approximate surface area is 197 Å². The van der Waals surface area contributed by atoms with E-state index in [-0.39, 0.29) is 18.1 Å². The third-order valence-electron chi connectivity index (χ3n) is 6.32. The van der Waals surface area contributed by atoms with Crippen molar-refractivity contribution in [1.29, 1.82) is 0 Å². The molecule has 1 fully saturated rings. The van der Waals surface area contributed by atoms with Crippen molar-refractivity contribution in [3.8, 4) is 0 Å². The van der Waals surface area contributed by atoms with E-state index in [0.717, 1.165) is 32.1 Å².